The van der Waals surface area contributed by atoms with Crippen LogP contribution in [0.3, 0.4) is 0 Å². The minimum absolute atomic E-state index is 0.228. The number of unbranched alkanes of at least 4 members (excludes halogenated alkanes) is 6. The lowest BCUT2D eigenvalue weighted by Gasteiger charge is -2.12. The molecule has 7 nitrogen and oxygen atoms in total. The van der Waals surface area contributed by atoms with Crippen LogP contribution in [0.1, 0.15) is 57.8 Å². The zero-order valence-corrected chi connectivity index (χ0v) is 12.3. The smallest absolute Gasteiger partial charge is 0.326 e. The summed E-state index contributed by atoms with van der Waals surface area (Å²) in [6, 6.07) is -1.36. The fourth-order valence-electron chi connectivity index (χ4n) is 1.95. The second-order valence-corrected chi connectivity index (χ2v) is 5.07. The molecule has 0 bridgehead atoms. The molecule has 0 aromatic carbocycles. The van der Waals surface area contributed by atoms with Crippen molar-refractivity contribution < 1.29 is 24.6 Å². The Balaban J connectivity index is 3.69. The number of nitrogens with two attached hydrogens (primary N) is 1. The summed E-state index contributed by atoms with van der Waals surface area (Å²) in [5.41, 5.74) is 5.39. The topological polar surface area (TPSA) is 130 Å². The van der Waals surface area contributed by atoms with Gasteiger partial charge in [0.1, 0.15) is 6.04 Å². The van der Waals surface area contributed by atoms with Crippen LogP contribution in [-0.4, -0.2) is 40.6 Å². The summed E-state index contributed by atoms with van der Waals surface area (Å²) in [6.45, 7) is 0.723. The summed E-state index contributed by atoms with van der Waals surface area (Å²) in [7, 11) is 0. The highest BCUT2D eigenvalue weighted by Gasteiger charge is 2.22. The van der Waals surface area contributed by atoms with Crippen molar-refractivity contribution in [3.05, 3.63) is 0 Å². The summed E-state index contributed by atoms with van der Waals surface area (Å²) < 4.78 is 0. The van der Waals surface area contributed by atoms with Gasteiger partial charge in [0, 0.05) is 6.42 Å². The van der Waals surface area contributed by atoms with E-state index in [0.29, 0.717) is 6.42 Å². The molecule has 0 fully saturated rings. The summed E-state index contributed by atoms with van der Waals surface area (Å²) in [6.07, 6.45) is 6.68. The molecule has 0 saturated heterocycles. The van der Waals surface area contributed by atoms with Gasteiger partial charge in [-0.15, -0.1) is 0 Å². The van der Waals surface area contributed by atoms with Crippen LogP contribution < -0.4 is 11.1 Å². The van der Waals surface area contributed by atoms with Gasteiger partial charge < -0.3 is 21.3 Å². The fraction of sp³-hybridized carbons (Fsp3) is 0.786. The molecule has 0 aromatic heterocycles. The summed E-state index contributed by atoms with van der Waals surface area (Å²) in [4.78, 5) is 32.8. The maximum atomic E-state index is 11.5. The summed E-state index contributed by atoms with van der Waals surface area (Å²) in [5.74, 6) is -2.99. The minimum atomic E-state index is -1.36. The highest BCUT2D eigenvalue weighted by molar-refractivity contribution is 5.86. The van der Waals surface area contributed by atoms with Gasteiger partial charge in [-0.1, -0.05) is 32.1 Å². The molecule has 1 unspecified atom stereocenters. The zero-order valence-electron chi connectivity index (χ0n) is 12.3. The van der Waals surface area contributed by atoms with E-state index in [1.807, 2.05) is 0 Å². The summed E-state index contributed by atoms with van der Waals surface area (Å²) >= 11 is 0. The van der Waals surface area contributed by atoms with E-state index in [1.54, 1.807) is 0 Å². The van der Waals surface area contributed by atoms with Gasteiger partial charge in [0.15, 0.2) is 0 Å². The number of carboxylic acid groups (broad SMARTS) is 2. The Hall–Kier alpha value is -1.63. The highest BCUT2D eigenvalue weighted by Crippen LogP contribution is 2.08. The molecule has 0 saturated carbocycles. The Morgan fingerprint density at radius 2 is 1.43 bits per heavy atom. The summed E-state index contributed by atoms with van der Waals surface area (Å²) in [5, 5.41) is 19.6. The molecule has 0 heterocycles. The fourth-order valence-corrected chi connectivity index (χ4v) is 1.95. The van der Waals surface area contributed by atoms with Crippen molar-refractivity contribution in [3.8, 4) is 0 Å². The van der Waals surface area contributed by atoms with Crippen LogP contribution in [-0.2, 0) is 14.4 Å². The van der Waals surface area contributed by atoms with Gasteiger partial charge in [0.05, 0.1) is 6.42 Å². The molecule has 0 aliphatic heterocycles. The number of nitrogens with one attached hydrogen (secondary N) is 1. The molecule has 0 spiro atoms. The lowest BCUT2D eigenvalue weighted by molar-refractivity contribution is -0.147. The van der Waals surface area contributed by atoms with E-state index in [2.05, 4.69) is 5.32 Å². The third kappa shape index (κ3) is 11.9. The van der Waals surface area contributed by atoms with Gasteiger partial charge in [-0.05, 0) is 19.4 Å². The molecule has 0 aliphatic rings. The monoisotopic (exact) mass is 302 g/mol. The molecule has 1 atom stereocenters. The number of carboxylic acids is 2. The van der Waals surface area contributed by atoms with Gasteiger partial charge in [-0.2, -0.15) is 0 Å². The third-order valence-electron chi connectivity index (χ3n) is 3.12. The van der Waals surface area contributed by atoms with Crippen molar-refractivity contribution in [1.82, 2.24) is 5.32 Å². The van der Waals surface area contributed by atoms with E-state index < -0.39 is 30.3 Å². The lowest BCUT2D eigenvalue weighted by Crippen LogP contribution is -2.42. The first kappa shape index (κ1) is 19.4. The molecular formula is C14H26N2O5. The number of aliphatic carboxylic acids is 2. The van der Waals surface area contributed by atoms with Gasteiger partial charge in [0.2, 0.25) is 5.91 Å². The largest absolute Gasteiger partial charge is 0.481 e. The first-order valence-corrected chi connectivity index (χ1v) is 7.41. The van der Waals surface area contributed by atoms with E-state index in [-0.39, 0.29) is 6.42 Å². The maximum Gasteiger partial charge on any atom is 0.326 e. The van der Waals surface area contributed by atoms with Gasteiger partial charge in [-0.25, -0.2) is 4.79 Å². The van der Waals surface area contributed by atoms with Crippen molar-refractivity contribution >= 4 is 17.8 Å². The first-order valence-electron chi connectivity index (χ1n) is 7.41. The number of carbonyl (C=O) groups excluding carboxylic acids is 1. The molecule has 0 aromatic rings. The SMILES string of the molecule is NCCCCCCCCCC(=O)NC(CC(=O)O)C(=O)O. The molecule has 0 radical (unpaired) electrons. The van der Waals surface area contributed by atoms with Crippen LogP contribution in [0.5, 0.6) is 0 Å². The Labute approximate surface area is 124 Å². The lowest BCUT2D eigenvalue weighted by atomic mass is 10.1. The maximum absolute atomic E-state index is 11.5. The van der Waals surface area contributed by atoms with E-state index in [1.165, 1.54) is 0 Å². The van der Waals surface area contributed by atoms with Gasteiger partial charge in [0.25, 0.3) is 0 Å². The van der Waals surface area contributed by atoms with E-state index >= 15 is 0 Å². The second kappa shape index (κ2) is 12.1. The predicted molar refractivity (Wildman–Crippen MR) is 77.8 cm³/mol. The standard InChI is InChI=1S/C14H26N2O5/c15-9-7-5-3-1-2-4-6-8-12(17)16-11(14(20)21)10-13(18)19/h11H,1-10,15H2,(H,16,17)(H,18,19)(H,20,21). The molecule has 21 heavy (non-hydrogen) atoms. The van der Waals surface area contributed by atoms with Crippen LogP contribution in [0.25, 0.3) is 0 Å². The Kier molecular flexibility index (Phi) is 11.2. The van der Waals surface area contributed by atoms with Crippen molar-refractivity contribution in [1.29, 1.82) is 0 Å². The molecule has 7 heteroatoms. The number of hydrogen-bond acceptors (Lipinski definition) is 4. The highest BCUT2D eigenvalue weighted by atomic mass is 16.4. The molecule has 0 aliphatic carbocycles. The average Bonchev–Trinajstić information content (AvgIpc) is 2.40. The van der Waals surface area contributed by atoms with E-state index in [9.17, 15) is 14.4 Å². The van der Waals surface area contributed by atoms with Crippen LogP contribution in [0.2, 0.25) is 0 Å². The van der Waals surface area contributed by atoms with Crippen molar-refractivity contribution in [3.63, 3.8) is 0 Å². The Morgan fingerprint density at radius 3 is 1.90 bits per heavy atom. The van der Waals surface area contributed by atoms with Crippen molar-refractivity contribution in [2.75, 3.05) is 6.54 Å². The molecule has 5 N–H and O–H groups in total. The third-order valence-corrected chi connectivity index (χ3v) is 3.12. The predicted octanol–water partition coefficient (Wildman–Crippen LogP) is 1.11. The minimum Gasteiger partial charge on any atom is -0.481 e. The molecule has 122 valence electrons. The van der Waals surface area contributed by atoms with Crippen molar-refractivity contribution in [2.24, 2.45) is 5.73 Å². The van der Waals surface area contributed by atoms with Gasteiger partial charge >= 0.3 is 11.9 Å². The van der Waals surface area contributed by atoms with Gasteiger partial charge in [-0.3, -0.25) is 9.59 Å². The quantitative estimate of drug-likeness (QED) is 0.377. The molecule has 1 amide bonds. The number of carbonyl (C=O) groups is 3. The van der Waals surface area contributed by atoms with E-state index in [0.717, 1.165) is 45.1 Å². The number of rotatable bonds is 13. The van der Waals surface area contributed by atoms with Crippen LogP contribution >= 0.6 is 0 Å². The molecular weight excluding hydrogens is 276 g/mol. The van der Waals surface area contributed by atoms with E-state index in [4.69, 9.17) is 15.9 Å². The number of hydrogen-bond donors (Lipinski definition) is 4. The van der Waals surface area contributed by atoms with Crippen LogP contribution in [0.4, 0.5) is 0 Å². The number of amides is 1. The van der Waals surface area contributed by atoms with Crippen molar-refractivity contribution in [2.45, 2.75) is 63.8 Å². The van der Waals surface area contributed by atoms with Crippen LogP contribution in [0, 0.1) is 0 Å². The normalized spacial score (nSPS) is 11.9. The average molecular weight is 302 g/mol. The Morgan fingerprint density at radius 1 is 0.905 bits per heavy atom. The molecule has 0 rings (SSSR count). The first-order chi connectivity index (χ1) is 9.97. The Bertz CT molecular complexity index is 333. The second-order valence-electron chi connectivity index (χ2n) is 5.07. The zero-order chi connectivity index (χ0) is 16.1. The van der Waals surface area contributed by atoms with Crippen LogP contribution in [0.15, 0.2) is 0 Å².